The van der Waals surface area contributed by atoms with Crippen LogP contribution in [0.5, 0.6) is 0 Å². The molecule has 0 spiro atoms. The summed E-state index contributed by atoms with van der Waals surface area (Å²) in [6, 6.07) is 12.8. The van der Waals surface area contributed by atoms with Crippen LogP contribution < -0.4 is 4.90 Å². The van der Waals surface area contributed by atoms with Gasteiger partial charge in [0.25, 0.3) is 0 Å². The Hall–Kier alpha value is -2.05. The standard InChI is InChI=1S/C19H19NO3S2/c1-4-14-5-7-15(8-6-14)12-20-17-11-16(25(3,22)23)9-10-18(17)24-13(2)19(20)21/h4-11,13H,1,12H2,2-3H3. The molecule has 0 aliphatic carbocycles. The molecule has 130 valence electrons. The van der Waals surface area contributed by atoms with Crippen molar-refractivity contribution in [3.63, 3.8) is 0 Å². The maximum absolute atomic E-state index is 12.7. The van der Waals surface area contributed by atoms with E-state index in [0.717, 1.165) is 16.0 Å². The number of fused-ring (bicyclic) bond motifs is 1. The van der Waals surface area contributed by atoms with Crippen LogP contribution in [0.4, 0.5) is 5.69 Å². The molecule has 1 atom stereocenters. The molecule has 0 bridgehead atoms. The lowest BCUT2D eigenvalue weighted by Gasteiger charge is -2.32. The molecule has 2 aromatic carbocycles. The second-order valence-corrected chi connectivity index (χ2v) is 9.43. The topological polar surface area (TPSA) is 54.5 Å². The molecule has 1 amide bonds. The Balaban J connectivity index is 2.02. The van der Waals surface area contributed by atoms with Crippen LogP contribution in [0.3, 0.4) is 0 Å². The van der Waals surface area contributed by atoms with Gasteiger partial charge in [0.05, 0.1) is 22.4 Å². The zero-order valence-electron chi connectivity index (χ0n) is 14.1. The summed E-state index contributed by atoms with van der Waals surface area (Å²) in [6.07, 6.45) is 2.94. The number of hydrogen-bond donors (Lipinski definition) is 0. The molecule has 1 aliphatic heterocycles. The van der Waals surface area contributed by atoms with E-state index >= 15 is 0 Å². The van der Waals surface area contributed by atoms with Gasteiger partial charge in [-0.3, -0.25) is 4.79 Å². The molecule has 0 radical (unpaired) electrons. The number of thioether (sulfide) groups is 1. The van der Waals surface area contributed by atoms with E-state index in [2.05, 4.69) is 6.58 Å². The molecule has 1 aliphatic rings. The van der Waals surface area contributed by atoms with E-state index in [1.54, 1.807) is 29.2 Å². The Labute approximate surface area is 152 Å². The highest BCUT2D eigenvalue weighted by Gasteiger charge is 2.31. The van der Waals surface area contributed by atoms with Crippen LogP contribution >= 0.6 is 11.8 Å². The van der Waals surface area contributed by atoms with Crippen LogP contribution in [-0.4, -0.2) is 25.8 Å². The van der Waals surface area contributed by atoms with Crippen molar-refractivity contribution in [2.45, 2.75) is 28.5 Å². The average Bonchev–Trinajstić information content (AvgIpc) is 2.58. The van der Waals surface area contributed by atoms with E-state index in [-0.39, 0.29) is 16.1 Å². The minimum Gasteiger partial charge on any atom is -0.306 e. The maximum atomic E-state index is 12.7. The first kappa shape index (κ1) is 17.8. The molecule has 1 heterocycles. The van der Waals surface area contributed by atoms with Gasteiger partial charge >= 0.3 is 0 Å². The van der Waals surface area contributed by atoms with Crippen molar-refractivity contribution in [2.24, 2.45) is 0 Å². The lowest BCUT2D eigenvalue weighted by atomic mass is 10.1. The monoisotopic (exact) mass is 373 g/mol. The van der Waals surface area contributed by atoms with Crippen molar-refractivity contribution in [1.29, 1.82) is 0 Å². The van der Waals surface area contributed by atoms with Crippen LogP contribution in [-0.2, 0) is 21.2 Å². The number of nitrogens with zero attached hydrogens (tertiary/aromatic N) is 1. The van der Waals surface area contributed by atoms with Gasteiger partial charge in [-0.1, -0.05) is 36.9 Å². The zero-order chi connectivity index (χ0) is 18.2. The van der Waals surface area contributed by atoms with Crippen LogP contribution in [0.25, 0.3) is 6.08 Å². The van der Waals surface area contributed by atoms with Crippen molar-refractivity contribution in [3.05, 3.63) is 60.2 Å². The van der Waals surface area contributed by atoms with E-state index in [4.69, 9.17) is 0 Å². The molecule has 1 unspecified atom stereocenters. The summed E-state index contributed by atoms with van der Waals surface area (Å²) in [4.78, 5) is 15.5. The Morgan fingerprint density at radius 1 is 1.20 bits per heavy atom. The number of hydrogen-bond acceptors (Lipinski definition) is 4. The summed E-state index contributed by atoms with van der Waals surface area (Å²) in [6.45, 7) is 6.01. The molecule has 0 N–H and O–H groups in total. The summed E-state index contributed by atoms with van der Waals surface area (Å²) in [5.74, 6) is -0.0176. The lowest BCUT2D eigenvalue weighted by molar-refractivity contribution is -0.118. The van der Waals surface area contributed by atoms with Gasteiger partial charge in [-0.25, -0.2) is 8.42 Å². The minimum absolute atomic E-state index is 0.0176. The second-order valence-electron chi connectivity index (χ2n) is 6.03. The molecule has 2 aromatic rings. The highest BCUT2D eigenvalue weighted by Crippen LogP contribution is 2.41. The van der Waals surface area contributed by atoms with E-state index in [1.807, 2.05) is 31.2 Å². The van der Waals surface area contributed by atoms with Gasteiger partial charge in [-0.05, 0) is 36.2 Å². The lowest BCUT2D eigenvalue weighted by Crippen LogP contribution is -2.39. The van der Waals surface area contributed by atoms with Crippen LogP contribution in [0, 0.1) is 0 Å². The van der Waals surface area contributed by atoms with Crippen molar-refractivity contribution in [2.75, 3.05) is 11.2 Å². The zero-order valence-corrected chi connectivity index (χ0v) is 15.7. The molecule has 0 saturated heterocycles. The van der Waals surface area contributed by atoms with Gasteiger partial charge < -0.3 is 4.90 Å². The van der Waals surface area contributed by atoms with Gasteiger partial charge in [-0.2, -0.15) is 0 Å². The highest BCUT2D eigenvalue weighted by atomic mass is 32.2. The number of rotatable bonds is 4. The second kappa shape index (κ2) is 6.69. The molecule has 0 saturated carbocycles. The SMILES string of the molecule is C=Cc1ccc(CN2C(=O)C(C)Sc3ccc(S(C)(=O)=O)cc32)cc1. The number of benzene rings is 2. The van der Waals surface area contributed by atoms with Gasteiger partial charge in [0.1, 0.15) is 0 Å². The average molecular weight is 373 g/mol. The molecule has 0 aromatic heterocycles. The normalized spacial score (nSPS) is 17.3. The summed E-state index contributed by atoms with van der Waals surface area (Å²) in [5.41, 5.74) is 2.65. The first-order valence-corrected chi connectivity index (χ1v) is 10.6. The van der Waals surface area contributed by atoms with E-state index in [9.17, 15) is 13.2 Å². The Morgan fingerprint density at radius 2 is 1.88 bits per heavy atom. The number of sulfone groups is 1. The largest absolute Gasteiger partial charge is 0.306 e. The molecule has 25 heavy (non-hydrogen) atoms. The molecular weight excluding hydrogens is 354 g/mol. The summed E-state index contributed by atoms with van der Waals surface area (Å²) in [7, 11) is -3.33. The quantitative estimate of drug-likeness (QED) is 0.819. The van der Waals surface area contributed by atoms with E-state index < -0.39 is 9.84 Å². The molecular formula is C19H19NO3S2. The smallest absolute Gasteiger partial charge is 0.240 e. The fourth-order valence-electron chi connectivity index (χ4n) is 2.72. The summed E-state index contributed by atoms with van der Waals surface area (Å²) < 4.78 is 23.8. The highest BCUT2D eigenvalue weighted by molar-refractivity contribution is 8.01. The fourth-order valence-corrected chi connectivity index (χ4v) is 4.41. The maximum Gasteiger partial charge on any atom is 0.240 e. The molecule has 0 fully saturated rings. The van der Waals surface area contributed by atoms with Crippen LogP contribution in [0.1, 0.15) is 18.1 Å². The number of amides is 1. The Kier molecular flexibility index (Phi) is 4.75. The Morgan fingerprint density at radius 3 is 2.48 bits per heavy atom. The first-order valence-electron chi connectivity index (χ1n) is 7.83. The summed E-state index contributed by atoms with van der Waals surface area (Å²) >= 11 is 1.46. The third kappa shape index (κ3) is 3.65. The van der Waals surface area contributed by atoms with Crippen LogP contribution in [0.2, 0.25) is 0 Å². The van der Waals surface area contributed by atoms with Crippen molar-refractivity contribution in [1.82, 2.24) is 0 Å². The van der Waals surface area contributed by atoms with Gasteiger partial charge in [0, 0.05) is 11.2 Å². The van der Waals surface area contributed by atoms with Crippen molar-refractivity contribution >= 4 is 39.3 Å². The van der Waals surface area contributed by atoms with Gasteiger partial charge in [0.15, 0.2) is 9.84 Å². The number of carbonyl (C=O) groups is 1. The van der Waals surface area contributed by atoms with Gasteiger partial charge in [0.2, 0.25) is 5.91 Å². The van der Waals surface area contributed by atoms with E-state index in [1.165, 1.54) is 18.0 Å². The van der Waals surface area contributed by atoms with Crippen molar-refractivity contribution < 1.29 is 13.2 Å². The first-order chi connectivity index (χ1) is 11.8. The van der Waals surface area contributed by atoms with Gasteiger partial charge in [-0.15, -0.1) is 11.8 Å². The predicted molar refractivity (Wildman–Crippen MR) is 103 cm³/mol. The number of anilines is 1. The molecule has 6 heteroatoms. The third-order valence-electron chi connectivity index (χ3n) is 4.12. The molecule has 4 nitrogen and oxygen atoms in total. The van der Waals surface area contributed by atoms with E-state index in [0.29, 0.717) is 12.2 Å². The van der Waals surface area contributed by atoms with Crippen LogP contribution in [0.15, 0.2) is 58.8 Å². The molecule has 3 rings (SSSR count). The minimum atomic E-state index is -3.33. The summed E-state index contributed by atoms with van der Waals surface area (Å²) in [5, 5.41) is -0.205. The third-order valence-corrected chi connectivity index (χ3v) is 6.39. The predicted octanol–water partition coefficient (Wildman–Crippen LogP) is 3.76. The Bertz CT molecular complexity index is 934. The number of carbonyl (C=O) groups excluding carboxylic acids is 1. The van der Waals surface area contributed by atoms with Crippen molar-refractivity contribution in [3.8, 4) is 0 Å². The fraction of sp³-hybridized carbons (Fsp3) is 0.211.